The van der Waals surface area contributed by atoms with Gasteiger partial charge in [0.2, 0.25) is 0 Å². The highest BCUT2D eigenvalue weighted by atomic mass is 16.5. The van der Waals surface area contributed by atoms with E-state index in [1.54, 1.807) is 0 Å². The van der Waals surface area contributed by atoms with Gasteiger partial charge in [-0.2, -0.15) is 0 Å². The lowest BCUT2D eigenvalue weighted by atomic mass is 9.61. The first-order chi connectivity index (χ1) is 9.60. The normalized spacial score (nSPS) is 36.0. The largest absolute Gasteiger partial charge is 0.378 e. The zero-order chi connectivity index (χ0) is 14.6. The Kier molecular flexibility index (Phi) is 5.88. The summed E-state index contributed by atoms with van der Waals surface area (Å²) in [5.74, 6) is 0.939. The highest BCUT2D eigenvalue weighted by Crippen LogP contribution is 2.45. The predicted molar refractivity (Wildman–Crippen MR) is 85.1 cm³/mol. The molecule has 1 heterocycles. The van der Waals surface area contributed by atoms with Gasteiger partial charge in [-0.05, 0) is 71.6 Å². The molecular weight excluding hydrogens is 248 g/mol. The summed E-state index contributed by atoms with van der Waals surface area (Å²) in [5.41, 5.74) is 0.350. The molecule has 3 atom stereocenters. The molecule has 118 valence electrons. The summed E-state index contributed by atoms with van der Waals surface area (Å²) in [7, 11) is 2.24. The molecule has 2 aliphatic rings. The Hall–Kier alpha value is -0.120. The first-order valence-corrected chi connectivity index (χ1v) is 8.63. The standard InChI is InChI=1S/C17H34N2O/c1-5-17(3)15(13-16(17)20-6-2)18-10-7-14-8-11-19(4)12-9-14/h14-16,18H,5-13H2,1-4H3. The maximum Gasteiger partial charge on any atom is 0.0658 e. The number of hydrogen-bond donors (Lipinski definition) is 1. The van der Waals surface area contributed by atoms with Crippen molar-refractivity contribution >= 4 is 0 Å². The van der Waals surface area contributed by atoms with Crippen LogP contribution in [0.1, 0.15) is 52.9 Å². The molecule has 2 rings (SSSR count). The minimum atomic E-state index is 0.350. The molecule has 2 fully saturated rings. The maximum absolute atomic E-state index is 5.88. The lowest BCUT2D eigenvalue weighted by Gasteiger charge is -2.54. The predicted octanol–water partition coefficient (Wildman–Crippen LogP) is 2.90. The van der Waals surface area contributed by atoms with Crippen molar-refractivity contribution in [2.75, 3.05) is 33.3 Å². The van der Waals surface area contributed by atoms with Gasteiger partial charge < -0.3 is 15.0 Å². The van der Waals surface area contributed by atoms with E-state index in [-0.39, 0.29) is 0 Å². The van der Waals surface area contributed by atoms with Crippen LogP contribution >= 0.6 is 0 Å². The Labute approximate surface area is 125 Å². The van der Waals surface area contributed by atoms with Crippen molar-refractivity contribution < 1.29 is 4.74 Å². The average molecular weight is 282 g/mol. The van der Waals surface area contributed by atoms with Crippen LogP contribution in [0.15, 0.2) is 0 Å². The minimum Gasteiger partial charge on any atom is -0.378 e. The Bertz CT molecular complexity index is 289. The van der Waals surface area contributed by atoms with Gasteiger partial charge in [0.1, 0.15) is 0 Å². The third-order valence-corrected chi connectivity index (χ3v) is 5.89. The van der Waals surface area contributed by atoms with E-state index in [9.17, 15) is 0 Å². The molecule has 20 heavy (non-hydrogen) atoms. The van der Waals surface area contributed by atoms with Crippen LogP contribution in [0.4, 0.5) is 0 Å². The van der Waals surface area contributed by atoms with Crippen LogP contribution in [0, 0.1) is 11.3 Å². The highest BCUT2D eigenvalue weighted by Gasteiger charge is 2.50. The Morgan fingerprint density at radius 3 is 2.55 bits per heavy atom. The summed E-state index contributed by atoms with van der Waals surface area (Å²) in [5, 5.41) is 3.81. The van der Waals surface area contributed by atoms with Crippen molar-refractivity contribution in [3.63, 3.8) is 0 Å². The summed E-state index contributed by atoms with van der Waals surface area (Å²) in [4.78, 5) is 2.46. The number of nitrogens with one attached hydrogen (secondary N) is 1. The van der Waals surface area contributed by atoms with E-state index in [4.69, 9.17) is 4.74 Å². The van der Waals surface area contributed by atoms with Gasteiger partial charge in [-0.3, -0.25) is 0 Å². The fraction of sp³-hybridized carbons (Fsp3) is 1.00. The van der Waals surface area contributed by atoms with Gasteiger partial charge in [0.25, 0.3) is 0 Å². The van der Waals surface area contributed by atoms with E-state index in [1.165, 1.54) is 51.7 Å². The van der Waals surface area contributed by atoms with Crippen molar-refractivity contribution in [1.82, 2.24) is 10.2 Å². The Morgan fingerprint density at radius 2 is 1.95 bits per heavy atom. The van der Waals surface area contributed by atoms with Crippen LogP contribution in [0.3, 0.4) is 0 Å². The molecule has 1 saturated heterocycles. The van der Waals surface area contributed by atoms with Crippen molar-refractivity contribution in [2.45, 2.75) is 65.0 Å². The molecule has 0 amide bonds. The summed E-state index contributed by atoms with van der Waals surface area (Å²) in [6, 6.07) is 0.662. The molecule has 3 heteroatoms. The van der Waals surface area contributed by atoms with E-state index >= 15 is 0 Å². The topological polar surface area (TPSA) is 24.5 Å². The van der Waals surface area contributed by atoms with Crippen LogP contribution in [-0.2, 0) is 4.74 Å². The van der Waals surface area contributed by atoms with Crippen LogP contribution in [0.2, 0.25) is 0 Å². The lowest BCUT2D eigenvalue weighted by molar-refractivity contribution is -0.125. The zero-order valence-electron chi connectivity index (χ0n) is 14.0. The van der Waals surface area contributed by atoms with Gasteiger partial charge in [-0.25, -0.2) is 0 Å². The molecule has 1 aliphatic carbocycles. The molecule has 3 nitrogen and oxygen atoms in total. The molecule has 0 aromatic carbocycles. The maximum atomic E-state index is 5.88. The molecule has 3 unspecified atom stereocenters. The van der Waals surface area contributed by atoms with Crippen molar-refractivity contribution in [3.05, 3.63) is 0 Å². The molecule has 0 bridgehead atoms. The number of likely N-dealkylation sites (tertiary alicyclic amines) is 1. The van der Waals surface area contributed by atoms with E-state index < -0.39 is 0 Å². The summed E-state index contributed by atoms with van der Waals surface area (Å²) in [6.07, 6.45) is 7.00. The van der Waals surface area contributed by atoms with Gasteiger partial charge in [0.15, 0.2) is 0 Å². The SMILES string of the molecule is CCOC1CC(NCCC2CCN(C)CC2)C1(C)CC. The monoisotopic (exact) mass is 282 g/mol. The van der Waals surface area contributed by atoms with E-state index in [0.29, 0.717) is 17.6 Å². The molecule has 1 aliphatic heterocycles. The van der Waals surface area contributed by atoms with E-state index in [1.807, 2.05) is 0 Å². The van der Waals surface area contributed by atoms with Gasteiger partial charge >= 0.3 is 0 Å². The second-order valence-corrected chi connectivity index (χ2v) is 7.08. The molecule has 0 radical (unpaired) electrons. The van der Waals surface area contributed by atoms with Gasteiger partial charge in [0.05, 0.1) is 6.10 Å². The van der Waals surface area contributed by atoms with Crippen LogP contribution in [-0.4, -0.2) is 50.3 Å². The third kappa shape index (κ3) is 3.55. The fourth-order valence-corrected chi connectivity index (χ4v) is 3.88. The fourth-order valence-electron chi connectivity index (χ4n) is 3.88. The molecule has 1 saturated carbocycles. The minimum absolute atomic E-state index is 0.350. The Morgan fingerprint density at radius 1 is 1.25 bits per heavy atom. The number of piperidine rings is 1. The molecular formula is C17H34N2O. The summed E-state index contributed by atoms with van der Waals surface area (Å²) < 4.78 is 5.88. The summed E-state index contributed by atoms with van der Waals surface area (Å²) in [6.45, 7) is 11.4. The number of ether oxygens (including phenoxy) is 1. The van der Waals surface area contributed by atoms with Crippen LogP contribution < -0.4 is 5.32 Å². The zero-order valence-corrected chi connectivity index (χ0v) is 14.0. The molecule has 1 N–H and O–H groups in total. The number of rotatable bonds is 7. The van der Waals surface area contributed by atoms with Crippen LogP contribution in [0.5, 0.6) is 0 Å². The Balaban J connectivity index is 1.67. The number of hydrogen-bond acceptors (Lipinski definition) is 3. The average Bonchev–Trinajstić information content (AvgIpc) is 2.46. The van der Waals surface area contributed by atoms with E-state index in [2.05, 4.69) is 38.0 Å². The summed E-state index contributed by atoms with van der Waals surface area (Å²) >= 11 is 0. The third-order valence-electron chi connectivity index (χ3n) is 5.89. The quantitative estimate of drug-likeness (QED) is 0.777. The molecule has 0 aromatic heterocycles. The van der Waals surface area contributed by atoms with Crippen LogP contribution in [0.25, 0.3) is 0 Å². The highest BCUT2D eigenvalue weighted by molar-refractivity contribution is 5.04. The van der Waals surface area contributed by atoms with Gasteiger partial charge in [0, 0.05) is 18.1 Å². The molecule has 0 spiro atoms. The van der Waals surface area contributed by atoms with Gasteiger partial charge in [-0.1, -0.05) is 13.8 Å². The van der Waals surface area contributed by atoms with Gasteiger partial charge in [-0.15, -0.1) is 0 Å². The smallest absolute Gasteiger partial charge is 0.0658 e. The van der Waals surface area contributed by atoms with Crippen molar-refractivity contribution in [3.8, 4) is 0 Å². The first kappa shape index (κ1) is 16.3. The lowest BCUT2D eigenvalue weighted by Crippen LogP contribution is -2.62. The second kappa shape index (κ2) is 7.24. The van der Waals surface area contributed by atoms with Crippen molar-refractivity contribution in [1.29, 1.82) is 0 Å². The second-order valence-electron chi connectivity index (χ2n) is 7.08. The van der Waals surface area contributed by atoms with Crippen molar-refractivity contribution in [2.24, 2.45) is 11.3 Å². The van der Waals surface area contributed by atoms with E-state index in [0.717, 1.165) is 12.5 Å². The molecule has 0 aromatic rings. The first-order valence-electron chi connectivity index (χ1n) is 8.63. The number of nitrogens with zero attached hydrogens (tertiary/aromatic N) is 1.